The molecule has 1 amide bonds. The van der Waals surface area contributed by atoms with Gasteiger partial charge in [-0.15, -0.1) is 0 Å². The maximum Gasteiger partial charge on any atom is 0.263 e. The monoisotopic (exact) mass is 375 g/mol. The molecule has 0 unspecified atom stereocenters. The van der Waals surface area contributed by atoms with E-state index in [1.807, 2.05) is 17.0 Å². The third-order valence-corrected chi connectivity index (χ3v) is 4.26. The van der Waals surface area contributed by atoms with Gasteiger partial charge in [-0.25, -0.2) is 0 Å². The predicted molar refractivity (Wildman–Crippen MR) is 109 cm³/mol. The van der Waals surface area contributed by atoms with Gasteiger partial charge in [0.15, 0.2) is 6.61 Å². The molecule has 1 fully saturated rings. The zero-order valence-corrected chi connectivity index (χ0v) is 17.1. The molecule has 1 aliphatic rings. The fourth-order valence-corrected chi connectivity index (χ4v) is 3.03. The fraction of sp³-hybridized carbons (Fsp3) is 0.619. The molecule has 1 aromatic rings. The first-order valence-corrected chi connectivity index (χ1v) is 9.81. The van der Waals surface area contributed by atoms with Crippen molar-refractivity contribution in [3.8, 4) is 0 Å². The molecule has 0 aromatic heterocycles. The Balaban J connectivity index is 1.80. The average Bonchev–Trinajstić information content (AvgIpc) is 2.65. The number of morpholine rings is 1. The number of amides is 1. The quantitative estimate of drug-likeness (QED) is 0.492. The van der Waals surface area contributed by atoms with E-state index in [1.54, 1.807) is 6.21 Å². The minimum atomic E-state index is -0.0260. The molecule has 0 atom stereocenters. The van der Waals surface area contributed by atoms with Gasteiger partial charge in [-0.05, 0) is 29.5 Å². The lowest BCUT2D eigenvalue weighted by Gasteiger charge is -2.28. The Morgan fingerprint density at radius 2 is 1.74 bits per heavy atom. The highest BCUT2D eigenvalue weighted by molar-refractivity contribution is 5.80. The van der Waals surface area contributed by atoms with Crippen molar-refractivity contribution in [2.24, 2.45) is 17.0 Å². The molecule has 27 heavy (non-hydrogen) atoms. The zero-order chi connectivity index (χ0) is 19.6. The third kappa shape index (κ3) is 7.59. The van der Waals surface area contributed by atoms with Crippen molar-refractivity contribution < 1.29 is 14.4 Å². The minimum Gasteiger partial charge on any atom is -0.386 e. The summed E-state index contributed by atoms with van der Waals surface area (Å²) in [6, 6.07) is 8.16. The normalized spacial score (nSPS) is 15.0. The summed E-state index contributed by atoms with van der Waals surface area (Å²) >= 11 is 0. The van der Waals surface area contributed by atoms with Crippen LogP contribution in [0, 0.1) is 11.8 Å². The van der Waals surface area contributed by atoms with Crippen LogP contribution in [0.15, 0.2) is 29.4 Å². The van der Waals surface area contributed by atoms with Crippen LogP contribution in [0.25, 0.3) is 0 Å². The molecule has 0 saturated carbocycles. The topological polar surface area (TPSA) is 54.4 Å². The number of rotatable bonds is 9. The molecule has 1 aliphatic heterocycles. The first kappa shape index (κ1) is 21.2. The second-order valence-electron chi connectivity index (χ2n) is 7.79. The second-order valence-corrected chi connectivity index (χ2v) is 7.79. The van der Waals surface area contributed by atoms with Gasteiger partial charge in [-0.2, -0.15) is 0 Å². The van der Waals surface area contributed by atoms with Crippen LogP contribution in [0.3, 0.4) is 0 Å². The highest BCUT2D eigenvalue weighted by Crippen LogP contribution is 2.16. The van der Waals surface area contributed by atoms with Crippen LogP contribution in [0.2, 0.25) is 0 Å². The lowest BCUT2D eigenvalue weighted by atomic mass is 10.1. The van der Waals surface area contributed by atoms with E-state index in [2.05, 4.69) is 49.9 Å². The lowest BCUT2D eigenvalue weighted by Crippen LogP contribution is -2.39. The summed E-state index contributed by atoms with van der Waals surface area (Å²) in [6.45, 7) is 13.3. The van der Waals surface area contributed by atoms with Gasteiger partial charge in [-0.3, -0.25) is 4.79 Å². The number of anilines is 1. The van der Waals surface area contributed by atoms with E-state index in [4.69, 9.17) is 9.57 Å². The summed E-state index contributed by atoms with van der Waals surface area (Å²) in [5, 5.41) is 3.96. The molecule has 150 valence electrons. The first-order chi connectivity index (χ1) is 13.0. The Morgan fingerprint density at radius 3 is 2.30 bits per heavy atom. The van der Waals surface area contributed by atoms with Gasteiger partial charge in [-0.1, -0.05) is 45.0 Å². The van der Waals surface area contributed by atoms with Crippen LogP contribution in [-0.2, 0) is 14.4 Å². The lowest BCUT2D eigenvalue weighted by molar-refractivity contribution is -0.137. The summed E-state index contributed by atoms with van der Waals surface area (Å²) in [6.07, 6.45) is 1.64. The van der Waals surface area contributed by atoms with E-state index in [-0.39, 0.29) is 12.5 Å². The van der Waals surface area contributed by atoms with Crippen LogP contribution >= 0.6 is 0 Å². The van der Waals surface area contributed by atoms with Crippen molar-refractivity contribution in [2.45, 2.75) is 27.7 Å². The van der Waals surface area contributed by atoms with Gasteiger partial charge in [0.25, 0.3) is 5.91 Å². The molecule has 2 rings (SSSR count). The number of carbonyl (C=O) groups excluding carboxylic acids is 1. The van der Waals surface area contributed by atoms with Crippen molar-refractivity contribution in [3.63, 3.8) is 0 Å². The highest BCUT2D eigenvalue weighted by Gasteiger charge is 2.16. The van der Waals surface area contributed by atoms with Crippen LogP contribution in [0.5, 0.6) is 0 Å². The molecule has 1 heterocycles. The number of benzene rings is 1. The van der Waals surface area contributed by atoms with E-state index in [0.29, 0.717) is 11.8 Å². The minimum absolute atomic E-state index is 0.0165. The second kappa shape index (κ2) is 10.9. The van der Waals surface area contributed by atoms with E-state index in [0.717, 1.165) is 45.0 Å². The van der Waals surface area contributed by atoms with Crippen LogP contribution < -0.4 is 4.90 Å². The number of hydrogen-bond donors (Lipinski definition) is 0. The number of nitrogens with zero attached hydrogens (tertiary/aromatic N) is 3. The maximum atomic E-state index is 12.4. The van der Waals surface area contributed by atoms with Crippen LogP contribution in [0.4, 0.5) is 5.69 Å². The molecule has 6 nitrogen and oxygen atoms in total. The number of hydrogen-bond acceptors (Lipinski definition) is 5. The molecule has 6 heteroatoms. The van der Waals surface area contributed by atoms with E-state index in [9.17, 15) is 4.79 Å². The van der Waals surface area contributed by atoms with Gasteiger partial charge >= 0.3 is 0 Å². The maximum absolute atomic E-state index is 12.4. The molecule has 0 bridgehead atoms. The zero-order valence-electron chi connectivity index (χ0n) is 17.1. The Kier molecular flexibility index (Phi) is 8.58. The fourth-order valence-electron chi connectivity index (χ4n) is 3.03. The molecular formula is C21H33N3O3. The highest BCUT2D eigenvalue weighted by atomic mass is 16.6. The molecule has 0 radical (unpaired) electrons. The van der Waals surface area contributed by atoms with Crippen LogP contribution in [-0.4, -0.2) is 63.0 Å². The number of carbonyl (C=O) groups is 1. The average molecular weight is 376 g/mol. The van der Waals surface area contributed by atoms with Gasteiger partial charge in [0.1, 0.15) is 0 Å². The Labute approximate surface area is 163 Å². The summed E-state index contributed by atoms with van der Waals surface area (Å²) in [5.41, 5.74) is 2.13. The van der Waals surface area contributed by atoms with Gasteiger partial charge in [0.05, 0.1) is 19.4 Å². The Hall–Kier alpha value is -2.08. The standard InChI is InChI=1S/C21H33N3O3/c1-17(2)14-24(15-18(3)4)21(25)16-27-22-13-19-5-7-20(8-6-19)23-9-11-26-12-10-23/h5-8,13,17-18H,9-12,14-16H2,1-4H3. The molecule has 1 aromatic carbocycles. The summed E-state index contributed by atoms with van der Waals surface area (Å²) < 4.78 is 5.38. The predicted octanol–water partition coefficient (Wildman–Crippen LogP) is 3.01. The van der Waals surface area contributed by atoms with Crippen molar-refractivity contribution >= 4 is 17.8 Å². The largest absolute Gasteiger partial charge is 0.386 e. The smallest absolute Gasteiger partial charge is 0.263 e. The van der Waals surface area contributed by atoms with E-state index < -0.39 is 0 Å². The van der Waals surface area contributed by atoms with Gasteiger partial charge in [0.2, 0.25) is 0 Å². The van der Waals surface area contributed by atoms with Gasteiger partial charge in [0, 0.05) is 31.9 Å². The first-order valence-electron chi connectivity index (χ1n) is 9.81. The van der Waals surface area contributed by atoms with E-state index >= 15 is 0 Å². The summed E-state index contributed by atoms with van der Waals surface area (Å²) in [4.78, 5) is 21.8. The van der Waals surface area contributed by atoms with Crippen molar-refractivity contribution in [3.05, 3.63) is 29.8 Å². The van der Waals surface area contributed by atoms with Crippen molar-refractivity contribution in [1.29, 1.82) is 0 Å². The SMILES string of the molecule is CC(C)CN(CC(C)C)C(=O)CON=Cc1ccc(N2CCOCC2)cc1. The summed E-state index contributed by atoms with van der Waals surface area (Å²) in [5.74, 6) is 0.847. The molecular weight excluding hydrogens is 342 g/mol. The van der Waals surface area contributed by atoms with Crippen molar-refractivity contribution in [2.75, 3.05) is 50.9 Å². The molecule has 0 aliphatic carbocycles. The van der Waals surface area contributed by atoms with Crippen LogP contribution in [0.1, 0.15) is 33.3 Å². The number of ether oxygens (including phenoxy) is 1. The van der Waals surface area contributed by atoms with Crippen molar-refractivity contribution in [1.82, 2.24) is 4.90 Å². The van der Waals surface area contributed by atoms with Gasteiger partial charge < -0.3 is 19.4 Å². The molecule has 0 spiro atoms. The third-order valence-electron chi connectivity index (χ3n) is 4.26. The van der Waals surface area contributed by atoms with E-state index in [1.165, 1.54) is 5.69 Å². The number of oxime groups is 1. The summed E-state index contributed by atoms with van der Waals surface area (Å²) in [7, 11) is 0. The Bertz CT molecular complexity index is 583. The Morgan fingerprint density at radius 1 is 1.15 bits per heavy atom. The molecule has 1 saturated heterocycles. The molecule has 0 N–H and O–H groups in total.